The van der Waals surface area contributed by atoms with E-state index in [0.717, 1.165) is 12.3 Å². The van der Waals surface area contributed by atoms with Crippen molar-refractivity contribution >= 4 is 0 Å². The Bertz CT molecular complexity index is 411. The largest absolute Gasteiger partial charge is 0.497 e. The number of hydrogen-bond donors (Lipinski definition) is 1. The first-order valence-corrected chi connectivity index (χ1v) is 6.91. The first kappa shape index (κ1) is 13.2. The fourth-order valence-corrected chi connectivity index (χ4v) is 2.61. The van der Waals surface area contributed by atoms with Crippen molar-refractivity contribution in [1.29, 1.82) is 0 Å². The Morgan fingerprint density at radius 3 is 2.89 bits per heavy atom. The highest BCUT2D eigenvalue weighted by Crippen LogP contribution is 2.31. The van der Waals surface area contributed by atoms with Gasteiger partial charge in [0.1, 0.15) is 5.75 Å². The van der Waals surface area contributed by atoms with Gasteiger partial charge in [-0.3, -0.25) is 0 Å². The highest BCUT2D eigenvalue weighted by molar-refractivity contribution is 5.35. The Kier molecular flexibility index (Phi) is 4.82. The molecule has 1 N–H and O–H groups in total. The number of allylic oxidation sites excluding steroid dienone is 1. The van der Waals surface area contributed by atoms with Gasteiger partial charge in [0.05, 0.1) is 13.2 Å². The smallest absolute Gasteiger partial charge is 0.119 e. The van der Waals surface area contributed by atoms with Crippen molar-refractivity contribution in [3.63, 3.8) is 0 Å². The molecule has 0 saturated carbocycles. The van der Waals surface area contributed by atoms with E-state index in [1.54, 1.807) is 7.11 Å². The van der Waals surface area contributed by atoms with Gasteiger partial charge in [-0.25, -0.2) is 0 Å². The molecule has 0 fully saturated rings. The first-order chi connectivity index (χ1) is 8.85. The lowest BCUT2D eigenvalue weighted by Crippen LogP contribution is -2.23. The highest BCUT2D eigenvalue weighted by Gasteiger charge is 2.17. The summed E-state index contributed by atoms with van der Waals surface area (Å²) in [4.78, 5) is 0. The van der Waals surface area contributed by atoms with Gasteiger partial charge in [0.15, 0.2) is 0 Å². The van der Waals surface area contributed by atoms with Crippen LogP contribution in [0.2, 0.25) is 0 Å². The average molecular weight is 245 g/mol. The second-order valence-corrected chi connectivity index (χ2v) is 4.79. The molecule has 0 amide bonds. The van der Waals surface area contributed by atoms with Gasteiger partial charge in [-0.1, -0.05) is 30.7 Å². The predicted octanol–water partition coefficient (Wildman–Crippen LogP) is 3.85. The number of rotatable bonds is 5. The van der Waals surface area contributed by atoms with Crippen molar-refractivity contribution in [3.05, 3.63) is 41.5 Å². The van der Waals surface area contributed by atoms with Crippen LogP contribution in [0.15, 0.2) is 35.9 Å². The molecule has 2 heteroatoms. The van der Waals surface area contributed by atoms with Gasteiger partial charge >= 0.3 is 0 Å². The Balaban J connectivity index is 2.25. The van der Waals surface area contributed by atoms with Crippen molar-refractivity contribution < 1.29 is 4.74 Å². The zero-order chi connectivity index (χ0) is 12.8. The molecule has 1 aromatic rings. The van der Waals surface area contributed by atoms with E-state index in [4.69, 9.17) is 4.74 Å². The standard InChI is InChI=1S/C16H23NO/c1-3-17-16(13-8-5-4-6-9-13)14-10-7-11-15(12-14)18-2/h7-8,10-12,16-17H,3-6,9H2,1-2H3. The molecule has 1 aliphatic carbocycles. The van der Waals surface area contributed by atoms with Crippen LogP contribution in [0.1, 0.15) is 44.2 Å². The lowest BCUT2D eigenvalue weighted by Gasteiger charge is -2.24. The monoisotopic (exact) mass is 245 g/mol. The van der Waals surface area contributed by atoms with Crippen LogP contribution in [0, 0.1) is 0 Å². The van der Waals surface area contributed by atoms with Crippen LogP contribution in [-0.4, -0.2) is 13.7 Å². The van der Waals surface area contributed by atoms with Gasteiger partial charge in [0.2, 0.25) is 0 Å². The van der Waals surface area contributed by atoms with Gasteiger partial charge in [-0.2, -0.15) is 0 Å². The number of likely N-dealkylation sites (N-methyl/N-ethyl adjacent to an activating group) is 1. The van der Waals surface area contributed by atoms with Crippen LogP contribution < -0.4 is 10.1 Å². The second kappa shape index (κ2) is 6.60. The van der Waals surface area contributed by atoms with Crippen LogP contribution >= 0.6 is 0 Å². The molecular formula is C16H23NO. The Morgan fingerprint density at radius 1 is 1.33 bits per heavy atom. The van der Waals surface area contributed by atoms with Gasteiger partial charge < -0.3 is 10.1 Å². The fourth-order valence-electron chi connectivity index (χ4n) is 2.61. The third-order valence-corrected chi connectivity index (χ3v) is 3.53. The maximum absolute atomic E-state index is 5.32. The summed E-state index contributed by atoms with van der Waals surface area (Å²) in [6.45, 7) is 3.15. The van der Waals surface area contributed by atoms with Gasteiger partial charge in [0, 0.05) is 0 Å². The van der Waals surface area contributed by atoms with E-state index >= 15 is 0 Å². The number of hydrogen-bond acceptors (Lipinski definition) is 2. The van der Waals surface area contributed by atoms with Gasteiger partial charge in [-0.15, -0.1) is 0 Å². The van der Waals surface area contributed by atoms with Crippen molar-refractivity contribution in [2.75, 3.05) is 13.7 Å². The normalized spacial score (nSPS) is 17.1. The van der Waals surface area contributed by atoms with E-state index in [9.17, 15) is 0 Å². The average Bonchev–Trinajstić information content (AvgIpc) is 2.46. The highest BCUT2D eigenvalue weighted by atomic mass is 16.5. The molecule has 1 aromatic carbocycles. The summed E-state index contributed by atoms with van der Waals surface area (Å²) in [5.74, 6) is 0.937. The SMILES string of the molecule is CCNC(C1=CCCCC1)c1cccc(OC)c1. The first-order valence-electron chi connectivity index (χ1n) is 6.91. The number of benzene rings is 1. The summed E-state index contributed by atoms with van der Waals surface area (Å²) in [6.07, 6.45) is 7.50. The van der Waals surface area contributed by atoms with Crippen LogP contribution in [-0.2, 0) is 0 Å². The fraction of sp³-hybridized carbons (Fsp3) is 0.500. The van der Waals surface area contributed by atoms with E-state index in [0.29, 0.717) is 6.04 Å². The van der Waals surface area contributed by atoms with E-state index in [-0.39, 0.29) is 0 Å². The van der Waals surface area contributed by atoms with Crippen molar-refractivity contribution in [1.82, 2.24) is 5.32 Å². The molecule has 18 heavy (non-hydrogen) atoms. The summed E-state index contributed by atoms with van der Waals surface area (Å²) >= 11 is 0. The molecule has 0 heterocycles. The van der Waals surface area contributed by atoms with E-state index in [1.165, 1.54) is 36.8 Å². The maximum atomic E-state index is 5.32. The summed E-state index contributed by atoms with van der Waals surface area (Å²) in [7, 11) is 1.72. The van der Waals surface area contributed by atoms with Gasteiger partial charge in [-0.05, 0) is 49.9 Å². The molecule has 1 atom stereocenters. The quantitative estimate of drug-likeness (QED) is 0.796. The molecule has 1 aliphatic rings. The van der Waals surface area contributed by atoms with Crippen LogP contribution in [0.25, 0.3) is 0 Å². The maximum Gasteiger partial charge on any atom is 0.119 e. The van der Waals surface area contributed by atoms with Crippen molar-refractivity contribution in [2.45, 2.75) is 38.6 Å². The van der Waals surface area contributed by atoms with Crippen LogP contribution in [0.4, 0.5) is 0 Å². The van der Waals surface area contributed by atoms with Crippen LogP contribution in [0.5, 0.6) is 5.75 Å². The predicted molar refractivity (Wildman–Crippen MR) is 76.0 cm³/mol. The van der Waals surface area contributed by atoms with E-state index < -0.39 is 0 Å². The molecule has 0 aromatic heterocycles. The number of methoxy groups -OCH3 is 1. The summed E-state index contributed by atoms with van der Waals surface area (Å²) < 4.78 is 5.32. The molecule has 1 unspecified atom stereocenters. The minimum atomic E-state index is 0.352. The lowest BCUT2D eigenvalue weighted by atomic mass is 9.90. The van der Waals surface area contributed by atoms with E-state index in [1.807, 2.05) is 6.07 Å². The zero-order valence-corrected chi connectivity index (χ0v) is 11.4. The molecule has 2 rings (SSSR count). The zero-order valence-electron chi connectivity index (χ0n) is 11.4. The van der Waals surface area contributed by atoms with Crippen molar-refractivity contribution in [3.8, 4) is 5.75 Å². The topological polar surface area (TPSA) is 21.3 Å². The minimum absolute atomic E-state index is 0.352. The molecule has 0 bridgehead atoms. The van der Waals surface area contributed by atoms with Gasteiger partial charge in [0.25, 0.3) is 0 Å². The Hall–Kier alpha value is -1.28. The second-order valence-electron chi connectivity index (χ2n) is 4.79. The van der Waals surface area contributed by atoms with E-state index in [2.05, 4.69) is 36.5 Å². The molecular weight excluding hydrogens is 222 g/mol. The number of nitrogens with one attached hydrogen (secondary N) is 1. The molecule has 0 radical (unpaired) electrons. The Labute approximate surface area is 110 Å². The lowest BCUT2D eigenvalue weighted by molar-refractivity contribution is 0.413. The molecule has 0 spiro atoms. The summed E-state index contributed by atoms with van der Waals surface area (Å²) in [5, 5.41) is 3.60. The van der Waals surface area contributed by atoms with Crippen LogP contribution in [0.3, 0.4) is 0 Å². The Morgan fingerprint density at radius 2 is 2.22 bits per heavy atom. The molecule has 0 saturated heterocycles. The molecule has 0 aliphatic heterocycles. The molecule has 2 nitrogen and oxygen atoms in total. The summed E-state index contributed by atoms with van der Waals surface area (Å²) in [6, 6.07) is 8.75. The molecule has 98 valence electrons. The third-order valence-electron chi connectivity index (χ3n) is 3.53. The minimum Gasteiger partial charge on any atom is -0.497 e. The summed E-state index contributed by atoms with van der Waals surface area (Å²) in [5.41, 5.74) is 2.85. The van der Waals surface area contributed by atoms with Crippen molar-refractivity contribution in [2.24, 2.45) is 0 Å². The third kappa shape index (κ3) is 3.14. The number of ether oxygens (including phenoxy) is 1.